The molecule has 1 atom stereocenters. The van der Waals surface area contributed by atoms with E-state index < -0.39 is 0 Å². The van der Waals surface area contributed by atoms with Gasteiger partial charge in [0.15, 0.2) is 0 Å². The minimum Gasteiger partial charge on any atom is -0.397 e. The van der Waals surface area contributed by atoms with E-state index in [2.05, 4.69) is 182 Å². The minimum atomic E-state index is 0.170. The van der Waals surface area contributed by atoms with Crippen LogP contribution in [0.5, 0.6) is 0 Å². The number of hydrogen-bond acceptors (Lipinski definition) is 2. The maximum absolute atomic E-state index is 6.95. The maximum atomic E-state index is 6.95. The first-order chi connectivity index (χ1) is 24.2. The zero-order valence-electron chi connectivity index (χ0n) is 27.5. The van der Waals surface area contributed by atoms with E-state index in [1.165, 1.54) is 71.3 Å². The first-order valence-corrected chi connectivity index (χ1v) is 17.1. The molecule has 0 saturated carbocycles. The number of nitrogens with zero attached hydrogens (tertiary/aromatic N) is 1. The van der Waals surface area contributed by atoms with Crippen LogP contribution in [0, 0.1) is 0 Å². The van der Waals surface area contributed by atoms with Crippen LogP contribution in [0.4, 0.5) is 5.69 Å². The average Bonchev–Trinajstić information content (AvgIpc) is 3.44. The van der Waals surface area contributed by atoms with Gasteiger partial charge >= 0.3 is 0 Å². The summed E-state index contributed by atoms with van der Waals surface area (Å²) in [5, 5.41) is 7.56. The Kier molecular flexibility index (Phi) is 7.02. The zero-order valence-corrected chi connectivity index (χ0v) is 27.5. The van der Waals surface area contributed by atoms with Crippen LogP contribution in [0.25, 0.3) is 60.1 Å². The summed E-state index contributed by atoms with van der Waals surface area (Å²) in [6.45, 7) is 2.05. The number of hydrogen-bond donors (Lipinski definition) is 1. The van der Waals surface area contributed by atoms with Crippen molar-refractivity contribution in [2.24, 2.45) is 5.73 Å². The van der Waals surface area contributed by atoms with Crippen molar-refractivity contribution in [3.05, 3.63) is 192 Å². The van der Waals surface area contributed by atoms with Crippen molar-refractivity contribution in [3.63, 3.8) is 0 Å². The van der Waals surface area contributed by atoms with Gasteiger partial charge in [0.1, 0.15) is 0 Å². The highest BCUT2D eigenvalue weighted by molar-refractivity contribution is 6.24. The van der Waals surface area contributed by atoms with Crippen molar-refractivity contribution < 1.29 is 0 Å². The van der Waals surface area contributed by atoms with Crippen molar-refractivity contribution in [2.45, 2.75) is 19.4 Å². The standard InChI is InChI=1S/C47H36N2/c1-2-15-44-47(48)42-30-32(26-29-43(42)49(44)33-18-7-4-8-19-33)34-27-28-41(36-21-10-9-20-35(34)36)46-39-24-13-11-22-37(39)45(31-16-5-3-6-17-31)38-23-12-14-25-40(38)46/h2-28,30,43H,29,48H2,1H3/b15-2-. The molecular formula is C47H36N2. The molecule has 2 aliphatic rings. The Morgan fingerprint density at radius 3 is 1.69 bits per heavy atom. The molecular weight excluding hydrogens is 593 g/mol. The molecule has 0 fully saturated rings. The van der Waals surface area contributed by atoms with Gasteiger partial charge in [-0.15, -0.1) is 0 Å². The molecule has 2 nitrogen and oxygen atoms in total. The second-order valence-electron chi connectivity index (χ2n) is 12.9. The van der Waals surface area contributed by atoms with Crippen LogP contribution in [0.1, 0.15) is 18.9 Å². The van der Waals surface area contributed by atoms with E-state index in [0.29, 0.717) is 0 Å². The van der Waals surface area contributed by atoms with Gasteiger partial charge in [-0.25, -0.2) is 0 Å². The first-order valence-electron chi connectivity index (χ1n) is 17.1. The van der Waals surface area contributed by atoms with Crippen LogP contribution in [0.3, 0.4) is 0 Å². The summed E-state index contributed by atoms with van der Waals surface area (Å²) in [4.78, 5) is 2.39. The van der Waals surface area contributed by atoms with E-state index in [1.54, 1.807) is 0 Å². The van der Waals surface area contributed by atoms with Crippen molar-refractivity contribution in [3.8, 4) is 22.3 Å². The lowest BCUT2D eigenvalue weighted by Crippen LogP contribution is -2.31. The summed E-state index contributed by atoms with van der Waals surface area (Å²) in [5.41, 5.74) is 18.7. The fraction of sp³-hybridized carbons (Fsp3) is 0.0638. The smallest absolute Gasteiger partial charge is 0.0650 e. The lowest BCUT2D eigenvalue weighted by Gasteiger charge is -2.30. The summed E-state index contributed by atoms with van der Waals surface area (Å²) in [7, 11) is 0. The Morgan fingerprint density at radius 2 is 1.08 bits per heavy atom. The molecule has 0 amide bonds. The maximum Gasteiger partial charge on any atom is 0.0650 e. The molecule has 234 valence electrons. The number of nitrogens with two attached hydrogens (primary N) is 1. The number of para-hydroxylation sites is 1. The van der Waals surface area contributed by atoms with E-state index in [4.69, 9.17) is 5.73 Å². The zero-order chi connectivity index (χ0) is 32.9. The molecule has 9 rings (SSSR count). The van der Waals surface area contributed by atoms with E-state index in [1.807, 2.05) is 0 Å². The van der Waals surface area contributed by atoms with E-state index in [0.717, 1.165) is 23.5 Å². The Balaban J connectivity index is 1.23. The largest absolute Gasteiger partial charge is 0.397 e. The van der Waals surface area contributed by atoms with Crippen molar-refractivity contribution >= 4 is 43.6 Å². The predicted octanol–water partition coefficient (Wildman–Crippen LogP) is 11.8. The summed E-state index contributed by atoms with van der Waals surface area (Å²) < 4.78 is 0. The van der Waals surface area contributed by atoms with Gasteiger partial charge < -0.3 is 10.6 Å². The summed E-state index contributed by atoms with van der Waals surface area (Å²) >= 11 is 0. The molecule has 7 aromatic carbocycles. The van der Waals surface area contributed by atoms with Gasteiger partial charge in [0, 0.05) is 11.3 Å². The van der Waals surface area contributed by atoms with Crippen LogP contribution >= 0.6 is 0 Å². The molecule has 0 radical (unpaired) electrons. The highest BCUT2D eigenvalue weighted by atomic mass is 15.2. The van der Waals surface area contributed by atoms with Gasteiger partial charge in [0.25, 0.3) is 0 Å². The minimum absolute atomic E-state index is 0.170. The Labute approximate surface area is 287 Å². The first kappa shape index (κ1) is 29.1. The lowest BCUT2D eigenvalue weighted by molar-refractivity contribution is 0.767. The summed E-state index contributed by atoms with van der Waals surface area (Å²) in [5.74, 6) is 0. The number of benzene rings is 7. The van der Waals surface area contributed by atoms with Gasteiger partial charge in [-0.2, -0.15) is 0 Å². The van der Waals surface area contributed by atoms with E-state index in [-0.39, 0.29) is 6.04 Å². The van der Waals surface area contributed by atoms with Gasteiger partial charge in [0.05, 0.1) is 17.4 Å². The van der Waals surface area contributed by atoms with Gasteiger partial charge in [-0.3, -0.25) is 0 Å². The SMILES string of the molecule is C/C=C\C1=C(N)C2=CC(c3ccc(-c4c5ccccc5c(-c5ccccc5)c5ccccc45)c4ccccc34)=CCC2N1c1ccccc1. The molecule has 0 spiro atoms. The number of anilines is 1. The summed E-state index contributed by atoms with van der Waals surface area (Å²) in [6.07, 6.45) is 9.83. The van der Waals surface area contributed by atoms with E-state index in [9.17, 15) is 0 Å². The van der Waals surface area contributed by atoms with Crippen LogP contribution in [-0.2, 0) is 0 Å². The molecule has 2 heteroatoms. The molecule has 0 saturated heterocycles. The average molecular weight is 629 g/mol. The lowest BCUT2D eigenvalue weighted by atomic mass is 9.83. The molecule has 1 aliphatic heterocycles. The summed E-state index contributed by atoms with van der Waals surface area (Å²) in [6, 6.07) is 52.9. The monoisotopic (exact) mass is 628 g/mol. The van der Waals surface area contributed by atoms with Crippen molar-refractivity contribution in [2.75, 3.05) is 4.90 Å². The molecule has 2 N–H and O–H groups in total. The Morgan fingerprint density at radius 1 is 0.571 bits per heavy atom. The van der Waals surface area contributed by atoms with Gasteiger partial charge in [0.2, 0.25) is 0 Å². The van der Waals surface area contributed by atoms with Gasteiger partial charge in [-0.1, -0.05) is 146 Å². The third-order valence-corrected chi connectivity index (χ3v) is 10.2. The molecule has 0 bridgehead atoms. The third kappa shape index (κ3) is 4.63. The highest BCUT2D eigenvalue weighted by Gasteiger charge is 2.36. The molecule has 1 aliphatic carbocycles. The fourth-order valence-electron chi connectivity index (χ4n) is 8.16. The second-order valence-corrected chi connectivity index (χ2v) is 12.9. The fourth-order valence-corrected chi connectivity index (χ4v) is 8.16. The predicted molar refractivity (Wildman–Crippen MR) is 209 cm³/mol. The van der Waals surface area contributed by atoms with Crippen molar-refractivity contribution in [1.29, 1.82) is 0 Å². The Hall–Kier alpha value is -6.12. The number of allylic oxidation sites excluding steroid dienone is 4. The Bertz CT molecular complexity index is 2480. The molecule has 1 unspecified atom stereocenters. The van der Waals surface area contributed by atoms with Crippen LogP contribution in [0.2, 0.25) is 0 Å². The van der Waals surface area contributed by atoms with Crippen molar-refractivity contribution in [1.82, 2.24) is 0 Å². The van der Waals surface area contributed by atoms with Gasteiger partial charge in [-0.05, 0) is 103 Å². The normalized spacial score (nSPS) is 16.1. The van der Waals surface area contributed by atoms with E-state index >= 15 is 0 Å². The molecule has 7 aromatic rings. The molecule has 0 aromatic heterocycles. The molecule has 1 heterocycles. The topological polar surface area (TPSA) is 29.3 Å². The van der Waals surface area contributed by atoms with Crippen LogP contribution in [-0.4, -0.2) is 6.04 Å². The quantitative estimate of drug-likeness (QED) is 0.192. The number of rotatable bonds is 5. The van der Waals surface area contributed by atoms with Crippen LogP contribution in [0.15, 0.2) is 187 Å². The van der Waals surface area contributed by atoms with Crippen LogP contribution < -0.4 is 10.6 Å². The second kappa shape index (κ2) is 11.8. The highest BCUT2D eigenvalue weighted by Crippen LogP contribution is 2.47. The third-order valence-electron chi connectivity index (χ3n) is 10.2. The number of fused-ring (bicyclic) bond motifs is 4. The molecule has 49 heavy (non-hydrogen) atoms.